The lowest BCUT2D eigenvalue weighted by atomic mass is 10.0. The van der Waals surface area contributed by atoms with Gasteiger partial charge in [0.1, 0.15) is 22.1 Å². The predicted molar refractivity (Wildman–Crippen MR) is 316 cm³/mol. The molecule has 0 unspecified atom stereocenters. The third kappa shape index (κ3) is 9.47. The van der Waals surface area contributed by atoms with Crippen molar-refractivity contribution in [2.75, 3.05) is 9.80 Å². The van der Waals surface area contributed by atoms with Crippen LogP contribution in [0.1, 0.15) is 36.1 Å². The average Bonchev–Trinajstić information content (AvgIpc) is 4.12. The van der Waals surface area contributed by atoms with Gasteiger partial charge in [0.25, 0.3) is 0 Å². The molecule has 8 nitrogen and oxygen atoms in total. The zero-order chi connectivity index (χ0) is 51.5. The van der Waals surface area contributed by atoms with Crippen molar-refractivity contribution >= 4 is 68.3 Å². The Bertz CT molecular complexity index is 3720. The Kier molecular flexibility index (Phi) is 12.7. The van der Waals surface area contributed by atoms with Gasteiger partial charge < -0.3 is 9.80 Å². The molecule has 8 heteroatoms. The van der Waals surface area contributed by atoms with Crippen molar-refractivity contribution in [3.63, 3.8) is 0 Å². The Labute approximate surface area is 443 Å². The second kappa shape index (κ2) is 20.5. The summed E-state index contributed by atoms with van der Waals surface area (Å²) in [6, 6.07) is 81.5. The minimum Gasteiger partial charge on any atom is -0.310 e. The lowest BCUT2D eigenvalue weighted by Crippen LogP contribution is -2.10. The number of aryl methyl sites for hydroxylation is 2. The van der Waals surface area contributed by atoms with Gasteiger partial charge >= 0.3 is 0 Å². The van der Waals surface area contributed by atoms with Gasteiger partial charge in [-0.2, -0.15) is 9.59 Å². The Morgan fingerprint density at radius 3 is 0.816 bits per heavy atom. The molecule has 0 saturated heterocycles. The smallest absolute Gasteiger partial charge is 0.113 e. The van der Waals surface area contributed by atoms with Crippen LogP contribution < -0.4 is 9.80 Å². The van der Waals surface area contributed by atoms with Crippen LogP contribution in [-0.4, -0.2) is 30.0 Å². The average molecular weight is 983 g/mol. The summed E-state index contributed by atoms with van der Waals surface area (Å²) < 4.78 is 0. The van der Waals surface area contributed by atoms with E-state index in [2.05, 4.69) is 264 Å². The van der Waals surface area contributed by atoms with E-state index in [1.165, 1.54) is 22.3 Å². The van der Waals surface area contributed by atoms with Crippen LogP contribution in [0.25, 0.3) is 79.0 Å². The van der Waals surface area contributed by atoms with Gasteiger partial charge in [0.2, 0.25) is 0 Å². The van der Waals surface area contributed by atoms with Gasteiger partial charge in [0.15, 0.2) is 0 Å². The first-order valence-electron chi connectivity index (χ1n) is 25.7. The zero-order valence-electron chi connectivity index (χ0n) is 42.8. The molecule has 2 heterocycles. The van der Waals surface area contributed by atoms with Crippen molar-refractivity contribution < 1.29 is 0 Å². The molecule has 12 rings (SSSR count). The molecule has 366 valence electrons. The van der Waals surface area contributed by atoms with Gasteiger partial charge in [0.05, 0.1) is 11.4 Å². The predicted octanol–water partition coefficient (Wildman–Crippen LogP) is 17.8. The molecule has 10 aromatic carbocycles. The monoisotopic (exact) mass is 982 g/mol. The van der Waals surface area contributed by atoms with Crippen LogP contribution >= 0.6 is 0 Å². The van der Waals surface area contributed by atoms with Crippen molar-refractivity contribution in [2.24, 2.45) is 0 Å². The number of anilines is 6. The molecular formula is C68H54N8. The summed E-state index contributed by atoms with van der Waals surface area (Å²) in [5.41, 5.74) is 23.4. The highest BCUT2D eigenvalue weighted by atomic mass is 15.5. The SMILES string of the molecule is C/C=C\c1cc(N(c2ccc(-c3ccc(N(c4ccc(-c5ccc(-n6nc7ccccc7n6)cc5)cc4)c4ccc(C)c(/C=C\C)c4)cc3)cc2)c2ccc(-c3ccc(-n4nc5ccccc5n4)cc3)cc2)ccc1C. The number of hydrogen-bond acceptors (Lipinski definition) is 6. The van der Waals surface area contributed by atoms with Crippen molar-refractivity contribution in [2.45, 2.75) is 27.7 Å². The molecule has 0 saturated carbocycles. The molecule has 0 atom stereocenters. The van der Waals surface area contributed by atoms with Gasteiger partial charge in [-0.05, 0) is 205 Å². The van der Waals surface area contributed by atoms with Gasteiger partial charge in [-0.1, -0.05) is 133 Å². The van der Waals surface area contributed by atoms with Gasteiger partial charge in [0, 0.05) is 34.1 Å². The van der Waals surface area contributed by atoms with E-state index in [1.54, 1.807) is 9.59 Å². The molecule has 0 aliphatic rings. The largest absolute Gasteiger partial charge is 0.310 e. The van der Waals surface area contributed by atoms with Crippen LogP contribution in [0.3, 0.4) is 0 Å². The molecule has 12 aromatic rings. The number of hydrogen-bond donors (Lipinski definition) is 0. The Morgan fingerprint density at radius 1 is 0.303 bits per heavy atom. The van der Waals surface area contributed by atoms with Gasteiger partial charge in [-0.15, -0.1) is 20.4 Å². The van der Waals surface area contributed by atoms with Crippen molar-refractivity contribution in [1.29, 1.82) is 0 Å². The lowest BCUT2D eigenvalue weighted by molar-refractivity contribution is 0.766. The summed E-state index contributed by atoms with van der Waals surface area (Å²) in [6.45, 7) is 8.46. The molecular weight excluding hydrogens is 929 g/mol. The number of benzene rings is 10. The third-order valence-corrected chi connectivity index (χ3v) is 14.0. The van der Waals surface area contributed by atoms with Crippen LogP contribution in [0, 0.1) is 13.8 Å². The standard InChI is InChI=1S/C68H54N8/c1-5-11-55-45-63(31-17-47(55)3)73(59-37-23-51(24-38-59)53-27-41-61(42-28-53)75-69-65-13-7-8-14-66(65)70-75)57-33-19-49(20-34-57)50-21-35-58(36-22-50)74(64-32-18-48(4)56(46-64)12-6-2)60-39-25-52(26-40-60)54-29-43-62(44-30-54)76-71-67-15-9-10-16-68(67)72-76/h5-46H,1-4H3/b11-5-,12-6-. The normalized spacial score (nSPS) is 11.6. The Balaban J connectivity index is 0.822. The van der Waals surface area contributed by atoms with Crippen LogP contribution in [0.2, 0.25) is 0 Å². The number of rotatable bonds is 13. The second-order valence-corrected chi connectivity index (χ2v) is 19.0. The number of nitrogens with zero attached hydrogens (tertiary/aromatic N) is 8. The van der Waals surface area contributed by atoms with Crippen molar-refractivity contribution in [1.82, 2.24) is 30.0 Å². The van der Waals surface area contributed by atoms with E-state index in [9.17, 15) is 0 Å². The summed E-state index contributed by atoms with van der Waals surface area (Å²) in [4.78, 5) is 8.07. The fourth-order valence-corrected chi connectivity index (χ4v) is 9.88. The summed E-state index contributed by atoms with van der Waals surface area (Å²) in [5, 5.41) is 18.7. The molecule has 0 bridgehead atoms. The van der Waals surface area contributed by atoms with E-state index < -0.39 is 0 Å². The van der Waals surface area contributed by atoms with Crippen LogP contribution in [0.15, 0.2) is 243 Å². The first-order valence-corrected chi connectivity index (χ1v) is 25.7. The summed E-state index contributed by atoms with van der Waals surface area (Å²) in [7, 11) is 0. The van der Waals surface area contributed by atoms with Gasteiger partial charge in [-0.25, -0.2) is 0 Å². The Morgan fingerprint density at radius 2 is 0.553 bits per heavy atom. The van der Waals surface area contributed by atoms with Crippen LogP contribution in [-0.2, 0) is 0 Å². The number of aromatic nitrogens is 6. The molecule has 0 amide bonds. The maximum atomic E-state index is 4.67. The molecule has 2 aromatic heterocycles. The van der Waals surface area contributed by atoms with Crippen LogP contribution in [0.5, 0.6) is 0 Å². The maximum Gasteiger partial charge on any atom is 0.113 e. The highest BCUT2D eigenvalue weighted by Crippen LogP contribution is 2.40. The van der Waals surface area contributed by atoms with Gasteiger partial charge in [-0.3, -0.25) is 0 Å². The molecule has 0 aliphatic carbocycles. The highest BCUT2D eigenvalue weighted by Gasteiger charge is 2.18. The summed E-state index contributed by atoms with van der Waals surface area (Å²) in [6.07, 6.45) is 8.55. The van der Waals surface area contributed by atoms with E-state index in [0.29, 0.717) is 0 Å². The minimum absolute atomic E-state index is 0.875. The topological polar surface area (TPSA) is 67.9 Å². The van der Waals surface area contributed by atoms with Crippen molar-refractivity contribution in [3.05, 3.63) is 265 Å². The Hall–Kier alpha value is -9.92. The van der Waals surface area contributed by atoms with E-state index in [1.807, 2.05) is 48.5 Å². The summed E-state index contributed by atoms with van der Waals surface area (Å²) >= 11 is 0. The first-order chi connectivity index (χ1) is 37.3. The van der Waals surface area contributed by atoms with Crippen LogP contribution in [0.4, 0.5) is 34.1 Å². The number of fused-ring (bicyclic) bond motifs is 2. The third-order valence-electron chi connectivity index (χ3n) is 14.0. The number of allylic oxidation sites excluding steroid dienone is 2. The van der Waals surface area contributed by atoms with Crippen molar-refractivity contribution in [3.8, 4) is 44.8 Å². The van der Waals surface area contributed by atoms with E-state index in [-0.39, 0.29) is 0 Å². The molecule has 0 aliphatic heterocycles. The fraction of sp³-hybridized carbons (Fsp3) is 0.0588. The quantitative estimate of drug-likeness (QED) is 0.115. The molecule has 0 fully saturated rings. The zero-order valence-corrected chi connectivity index (χ0v) is 42.8. The second-order valence-electron chi connectivity index (χ2n) is 19.0. The molecule has 76 heavy (non-hydrogen) atoms. The van der Waals surface area contributed by atoms with E-state index in [4.69, 9.17) is 0 Å². The first kappa shape index (κ1) is 47.1. The molecule has 0 radical (unpaired) electrons. The molecule has 0 spiro atoms. The van der Waals surface area contributed by atoms with E-state index >= 15 is 0 Å². The maximum absolute atomic E-state index is 4.67. The highest BCUT2D eigenvalue weighted by molar-refractivity contribution is 5.84. The molecule has 0 N–H and O–H groups in total. The van der Waals surface area contributed by atoms with E-state index in [0.717, 1.165) is 101 Å². The fourth-order valence-electron chi connectivity index (χ4n) is 9.88. The lowest BCUT2D eigenvalue weighted by Gasteiger charge is -2.27. The summed E-state index contributed by atoms with van der Waals surface area (Å²) in [5.74, 6) is 0. The minimum atomic E-state index is 0.875.